The number of nitrogens with zero attached hydrogens (tertiary/aromatic N) is 1. The Bertz CT molecular complexity index is 1290. The van der Waals surface area contributed by atoms with Crippen molar-refractivity contribution in [1.82, 2.24) is 10.2 Å². The summed E-state index contributed by atoms with van der Waals surface area (Å²) >= 11 is 0. The van der Waals surface area contributed by atoms with E-state index in [1.807, 2.05) is 4.90 Å². The molecule has 33 heavy (non-hydrogen) atoms. The van der Waals surface area contributed by atoms with Gasteiger partial charge in [0.05, 0.1) is 26.3 Å². The average Bonchev–Trinajstić information content (AvgIpc) is 3.53. The van der Waals surface area contributed by atoms with Crippen LogP contribution in [0.5, 0.6) is 0 Å². The molecule has 4 rings (SSSR count). The van der Waals surface area contributed by atoms with Crippen molar-refractivity contribution in [2.75, 3.05) is 24.4 Å². The molecule has 0 bridgehead atoms. The first kappa shape index (κ1) is 23.8. The van der Waals surface area contributed by atoms with Crippen LogP contribution in [0.3, 0.4) is 0 Å². The second-order valence-electron chi connectivity index (χ2n) is 8.84. The third kappa shape index (κ3) is 4.41. The minimum absolute atomic E-state index is 0.0660. The molecule has 1 aliphatic carbocycles. The highest BCUT2D eigenvalue weighted by Crippen LogP contribution is 2.43. The molecule has 2 aromatic carbocycles. The fourth-order valence-corrected chi connectivity index (χ4v) is 6.25. The van der Waals surface area contributed by atoms with E-state index in [0.717, 1.165) is 25.9 Å². The highest BCUT2D eigenvalue weighted by atomic mass is 32.2. The van der Waals surface area contributed by atoms with E-state index >= 15 is 0 Å². The van der Waals surface area contributed by atoms with Crippen molar-refractivity contribution in [3.05, 3.63) is 48.0 Å². The van der Waals surface area contributed by atoms with Gasteiger partial charge in [0.15, 0.2) is 9.84 Å². The van der Waals surface area contributed by atoms with E-state index in [4.69, 9.17) is 13.3 Å². The summed E-state index contributed by atoms with van der Waals surface area (Å²) in [4.78, 5) is 2.00. The quantitative estimate of drug-likeness (QED) is 0.321. The number of sulfone groups is 1. The van der Waals surface area contributed by atoms with Crippen LogP contribution in [0.1, 0.15) is 32.3 Å². The Morgan fingerprint density at radius 2 is 1.73 bits per heavy atom. The fourth-order valence-electron chi connectivity index (χ4n) is 4.12. The van der Waals surface area contributed by atoms with Crippen LogP contribution in [0, 0.1) is 5.41 Å². The van der Waals surface area contributed by atoms with Crippen LogP contribution >= 0.6 is 0 Å². The van der Waals surface area contributed by atoms with Gasteiger partial charge < -0.3 is 10.2 Å². The molecule has 1 heterocycles. The van der Waals surface area contributed by atoms with Gasteiger partial charge in [-0.05, 0) is 57.0 Å². The maximum absolute atomic E-state index is 13.1. The van der Waals surface area contributed by atoms with E-state index in [2.05, 4.69) is 10.0 Å². The van der Waals surface area contributed by atoms with Gasteiger partial charge in [-0.25, -0.2) is 16.8 Å². The van der Waals surface area contributed by atoms with Crippen molar-refractivity contribution in [2.45, 2.75) is 47.3 Å². The molecule has 2 fully saturated rings. The molecule has 2 aliphatic rings. The Hall–Kier alpha value is -2.37. The van der Waals surface area contributed by atoms with Crippen molar-refractivity contribution >= 4 is 44.7 Å². The van der Waals surface area contributed by atoms with E-state index in [-0.39, 0.29) is 26.9 Å². The van der Waals surface area contributed by atoms with Crippen LogP contribution in [-0.4, -0.2) is 65.8 Å². The van der Waals surface area contributed by atoms with Crippen LogP contribution in [-0.2, 0) is 19.9 Å². The van der Waals surface area contributed by atoms with Crippen molar-refractivity contribution in [2.24, 2.45) is 0 Å². The van der Waals surface area contributed by atoms with Crippen LogP contribution < -0.4 is 15.5 Å². The third-order valence-corrected chi connectivity index (χ3v) is 9.85. The number of amidine groups is 1. The van der Waals surface area contributed by atoms with Gasteiger partial charge in [-0.15, -0.1) is 0 Å². The molecule has 1 saturated carbocycles. The summed E-state index contributed by atoms with van der Waals surface area (Å²) in [5.41, 5.74) is 0.764. The second-order valence-corrected chi connectivity index (χ2v) is 13.0. The molecule has 0 atom stereocenters. The van der Waals surface area contributed by atoms with Crippen molar-refractivity contribution < 1.29 is 16.8 Å². The smallest absolute Gasteiger partial charge is 0.261 e. The normalized spacial score (nSPS) is 17.8. The minimum atomic E-state index is -4.04. The largest absolute Gasteiger partial charge is 0.348 e. The Labute approximate surface area is 196 Å². The Kier molecular flexibility index (Phi) is 6.09. The van der Waals surface area contributed by atoms with Gasteiger partial charge in [-0.1, -0.05) is 17.6 Å². The number of piperazine rings is 1. The molecular formula is C22H27BN4O4S2. The molecular weight excluding hydrogens is 459 g/mol. The van der Waals surface area contributed by atoms with Gasteiger partial charge in [-0.2, -0.15) is 0 Å². The lowest BCUT2D eigenvalue weighted by molar-refractivity contribution is 0.237. The summed E-state index contributed by atoms with van der Waals surface area (Å²) < 4.78 is 53.4. The zero-order valence-corrected chi connectivity index (χ0v) is 20.3. The van der Waals surface area contributed by atoms with E-state index in [1.54, 1.807) is 32.0 Å². The summed E-state index contributed by atoms with van der Waals surface area (Å²) in [7, 11) is -1.34. The van der Waals surface area contributed by atoms with Gasteiger partial charge in [-0.3, -0.25) is 10.1 Å². The number of anilines is 1. The number of rotatable bonds is 6. The first-order chi connectivity index (χ1) is 15.5. The number of hydrogen-bond acceptors (Lipinski definition) is 6. The first-order valence-corrected chi connectivity index (χ1v) is 13.8. The van der Waals surface area contributed by atoms with Gasteiger partial charge in [0.25, 0.3) is 10.0 Å². The second kappa shape index (κ2) is 8.45. The minimum Gasteiger partial charge on any atom is -0.348 e. The van der Waals surface area contributed by atoms with Gasteiger partial charge >= 0.3 is 0 Å². The zero-order chi connectivity index (χ0) is 24.0. The van der Waals surface area contributed by atoms with Crippen molar-refractivity contribution in [3.8, 4) is 0 Å². The summed E-state index contributed by atoms with van der Waals surface area (Å²) in [6.07, 6.45) is 1.95. The maximum Gasteiger partial charge on any atom is 0.261 e. The molecule has 0 unspecified atom stereocenters. The number of benzene rings is 2. The molecule has 0 amide bonds. The van der Waals surface area contributed by atoms with Gasteiger partial charge in [0, 0.05) is 25.2 Å². The van der Waals surface area contributed by atoms with Crippen LogP contribution in [0.2, 0.25) is 0 Å². The highest BCUT2D eigenvalue weighted by Gasteiger charge is 2.50. The Morgan fingerprint density at radius 3 is 2.33 bits per heavy atom. The molecule has 1 spiro atoms. The van der Waals surface area contributed by atoms with E-state index in [0.29, 0.717) is 17.6 Å². The van der Waals surface area contributed by atoms with E-state index < -0.39 is 25.1 Å². The number of hydrogen-bond donors (Lipinski definition) is 3. The third-order valence-electron chi connectivity index (χ3n) is 6.30. The van der Waals surface area contributed by atoms with Crippen molar-refractivity contribution in [1.29, 1.82) is 5.41 Å². The lowest BCUT2D eigenvalue weighted by atomic mass is 9.88. The predicted octanol–water partition coefficient (Wildman–Crippen LogP) is 1.23. The number of sulfonamides is 1. The Balaban J connectivity index is 1.64. The summed E-state index contributed by atoms with van der Waals surface area (Å²) in [6, 6.07) is 9.99. The monoisotopic (exact) mass is 486 g/mol. The SMILES string of the molecule is [B]c1cccc(NS(=O)(=O)c2ccc(S(=O)(=O)C(C)C)cc2)c1C(=N)N1CCNCC12CC2. The average molecular weight is 486 g/mol. The summed E-state index contributed by atoms with van der Waals surface area (Å²) in [6.45, 7) is 5.31. The van der Waals surface area contributed by atoms with Crippen molar-refractivity contribution in [3.63, 3.8) is 0 Å². The first-order valence-electron chi connectivity index (χ1n) is 10.8. The maximum atomic E-state index is 13.1. The molecule has 1 saturated heterocycles. The van der Waals surface area contributed by atoms with E-state index in [1.165, 1.54) is 24.3 Å². The molecule has 11 heteroatoms. The van der Waals surface area contributed by atoms with Gasteiger partial charge in [0.1, 0.15) is 13.7 Å². The highest BCUT2D eigenvalue weighted by molar-refractivity contribution is 7.93. The molecule has 2 radical (unpaired) electrons. The topological polar surface area (TPSA) is 119 Å². The van der Waals surface area contributed by atoms with Crippen LogP contribution in [0.15, 0.2) is 52.3 Å². The summed E-state index contributed by atoms with van der Waals surface area (Å²) in [5, 5.41) is 11.6. The lowest BCUT2D eigenvalue weighted by Gasteiger charge is -2.39. The van der Waals surface area contributed by atoms with Crippen LogP contribution in [0.4, 0.5) is 5.69 Å². The molecule has 3 N–H and O–H groups in total. The molecule has 8 nitrogen and oxygen atoms in total. The molecule has 1 aliphatic heterocycles. The Morgan fingerprint density at radius 1 is 1.09 bits per heavy atom. The van der Waals surface area contributed by atoms with Gasteiger partial charge in [0.2, 0.25) is 0 Å². The predicted molar refractivity (Wildman–Crippen MR) is 130 cm³/mol. The molecule has 174 valence electrons. The standard InChI is InChI=1S/C22H27BN4O4S2/c1-15(2)32(28,29)16-6-8-17(9-7-16)33(30,31)26-19-5-3-4-18(23)20(19)21(24)27-13-12-25-14-22(27)10-11-22/h3-9,15,24-26H,10-14H2,1-2H3. The summed E-state index contributed by atoms with van der Waals surface area (Å²) in [5.74, 6) is 0.197. The zero-order valence-electron chi connectivity index (χ0n) is 18.6. The molecule has 2 aromatic rings. The number of nitrogens with one attached hydrogen (secondary N) is 3. The lowest BCUT2D eigenvalue weighted by Crippen LogP contribution is -2.56. The van der Waals surface area contributed by atoms with E-state index in [9.17, 15) is 16.8 Å². The molecule has 0 aromatic heterocycles. The fraction of sp³-hybridized carbons (Fsp3) is 0.409. The van der Waals surface area contributed by atoms with Crippen LogP contribution in [0.25, 0.3) is 0 Å².